The predicted molar refractivity (Wildman–Crippen MR) is 43.5 cm³/mol. The summed E-state index contributed by atoms with van der Waals surface area (Å²) in [7, 11) is -4.27. The van der Waals surface area contributed by atoms with Crippen LogP contribution in [0.2, 0.25) is 0 Å². The molecule has 1 unspecified atom stereocenters. The monoisotopic (exact) mass is 222 g/mol. The molecule has 0 aromatic heterocycles. The second kappa shape index (κ2) is 7.59. The normalized spacial score (nSPS) is 13.6. The fourth-order valence-corrected chi connectivity index (χ4v) is 1.31. The molecule has 0 aliphatic carbocycles. The molecule has 0 saturated heterocycles. The minimum Gasteiger partial charge on any atom is -0.747 e. The molecule has 6 heteroatoms. The number of hydrogen-bond donors (Lipinski definition) is 0. The Morgan fingerprint density at radius 2 is 1.92 bits per heavy atom. The van der Waals surface area contributed by atoms with Crippen LogP contribution in [-0.2, 0) is 10.1 Å². The number of alkyl halides is 1. The first kappa shape index (κ1) is 15.7. The van der Waals surface area contributed by atoms with E-state index in [0.717, 1.165) is 12.8 Å². The van der Waals surface area contributed by atoms with Crippen molar-refractivity contribution in [1.82, 2.24) is 0 Å². The summed E-state index contributed by atoms with van der Waals surface area (Å²) >= 11 is 5.29. The van der Waals surface area contributed by atoms with Crippen molar-refractivity contribution < 1.29 is 42.5 Å². The summed E-state index contributed by atoms with van der Waals surface area (Å²) in [5, 5.41) is 0. The molecule has 0 heterocycles. The van der Waals surface area contributed by atoms with Gasteiger partial charge in [-0.05, 0) is 6.42 Å². The van der Waals surface area contributed by atoms with Crippen LogP contribution >= 0.6 is 11.6 Å². The molecule has 0 saturated carbocycles. The molecule has 3 nitrogen and oxygen atoms in total. The van der Waals surface area contributed by atoms with E-state index in [2.05, 4.69) is 0 Å². The van der Waals surface area contributed by atoms with E-state index in [0.29, 0.717) is 6.42 Å². The van der Waals surface area contributed by atoms with Crippen molar-refractivity contribution >= 4 is 21.7 Å². The summed E-state index contributed by atoms with van der Waals surface area (Å²) in [6.07, 6.45) is 2.87. The van der Waals surface area contributed by atoms with Gasteiger partial charge in [-0.2, -0.15) is 0 Å². The standard InChI is InChI=1S/C6H13ClO3S.Na/c1-2-3-4-5-6(7)11(8,9)10;/h6H,2-5H2,1H3,(H,8,9,10);/q;+1/p-1. The van der Waals surface area contributed by atoms with Gasteiger partial charge in [0.1, 0.15) is 14.8 Å². The van der Waals surface area contributed by atoms with Gasteiger partial charge in [0, 0.05) is 0 Å². The maximum absolute atomic E-state index is 10.2. The molecule has 0 N–H and O–H groups in total. The smallest absolute Gasteiger partial charge is 0.747 e. The molecule has 68 valence electrons. The average Bonchev–Trinajstić information content (AvgIpc) is 1.86. The van der Waals surface area contributed by atoms with Crippen LogP contribution in [0.3, 0.4) is 0 Å². The molecule has 0 aliphatic heterocycles. The molecule has 0 bridgehead atoms. The Kier molecular flexibility index (Phi) is 9.91. The van der Waals surface area contributed by atoms with Crippen LogP contribution in [0, 0.1) is 0 Å². The average molecular weight is 223 g/mol. The number of halogens is 1. The Balaban J connectivity index is 0. The Labute approximate surface area is 101 Å². The second-order valence-electron chi connectivity index (χ2n) is 2.40. The Bertz CT molecular complexity index is 193. The molecular formula is C6H12ClNaO3S. The van der Waals surface area contributed by atoms with Gasteiger partial charge in [0.05, 0.1) is 0 Å². The minimum atomic E-state index is -4.27. The molecule has 0 spiro atoms. The summed E-state index contributed by atoms with van der Waals surface area (Å²) in [4.78, 5) is 0. The second-order valence-corrected chi connectivity index (χ2v) is 4.74. The van der Waals surface area contributed by atoms with Crippen molar-refractivity contribution in [2.75, 3.05) is 0 Å². The molecule has 0 radical (unpaired) electrons. The summed E-state index contributed by atoms with van der Waals surface area (Å²) in [6, 6.07) is 0. The van der Waals surface area contributed by atoms with Crippen molar-refractivity contribution in [1.29, 1.82) is 0 Å². The van der Waals surface area contributed by atoms with Crippen molar-refractivity contribution in [3.05, 3.63) is 0 Å². The van der Waals surface area contributed by atoms with E-state index in [9.17, 15) is 13.0 Å². The zero-order valence-electron chi connectivity index (χ0n) is 7.42. The molecular weight excluding hydrogens is 211 g/mol. The zero-order valence-corrected chi connectivity index (χ0v) is 11.0. The van der Waals surface area contributed by atoms with Gasteiger partial charge in [0.15, 0.2) is 0 Å². The van der Waals surface area contributed by atoms with Crippen LogP contribution in [0.25, 0.3) is 0 Å². The fourth-order valence-electron chi connectivity index (χ4n) is 0.699. The topological polar surface area (TPSA) is 57.2 Å². The molecule has 0 rings (SSSR count). The summed E-state index contributed by atoms with van der Waals surface area (Å²) in [5.41, 5.74) is 0. The minimum absolute atomic E-state index is 0. The Hall–Kier alpha value is 1.20. The van der Waals surface area contributed by atoms with E-state index >= 15 is 0 Å². The molecule has 0 aromatic rings. The quantitative estimate of drug-likeness (QED) is 0.251. The number of unbranched alkanes of at least 4 members (excludes halogenated alkanes) is 2. The maximum Gasteiger partial charge on any atom is 1.00 e. The third-order valence-electron chi connectivity index (χ3n) is 1.35. The first-order chi connectivity index (χ1) is 4.98. The van der Waals surface area contributed by atoms with Crippen LogP contribution in [0.1, 0.15) is 32.6 Å². The number of hydrogen-bond acceptors (Lipinski definition) is 3. The largest absolute Gasteiger partial charge is 1.00 e. The van der Waals surface area contributed by atoms with Crippen molar-refractivity contribution in [2.45, 2.75) is 37.3 Å². The Morgan fingerprint density at radius 3 is 2.25 bits per heavy atom. The van der Waals surface area contributed by atoms with Gasteiger partial charge in [0.25, 0.3) is 0 Å². The van der Waals surface area contributed by atoms with Gasteiger partial charge in [-0.25, -0.2) is 8.42 Å². The molecule has 1 atom stereocenters. The zero-order chi connectivity index (χ0) is 8.91. The van der Waals surface area contributed by atoms with Gasteiger partial charge in [0.2, 0.25) is 0 Å². The molecule has 0 amide bonds. The van der Waals surface area contributed by atoms with Gasteiger partial charge >= 0.3 is 29.6 Å². The van der Waals surface area contributed by atoms with E-state index in [1.807, 2.05) is 6.92 Å². The maximum atomic E-state index is 10.2. The fraction of sp³-hybridized carbons (Fsp3) is 1.00. The first-order valence-corrected chi connectivity index (χ1v) is 5.48. The summed E-state index contributed by atoms with van der Waals surface area (Å²) in [5.74, 6) is 0. The molecule has 0 aliphatic rings. The molecule has 0 aromatic carbocycles. The van der Waals surface area contributed by atoms with Crippen molar-refractivity contribution in [3.8, 4) is 0 Å². The number of rotatable bonds is 5. The third-order valence-corrected chi connectivity index (χ3v) is 3.08. The Morgan fingerprint density at radius 1 is 1.42 bits per heavy atom. The third kappa shape index (κ3) is 7.83. The van der Waals surface area contributed by atoms with Gasteiger partial charge in [-0.3, -0.25) is 0 Å². The van der Waals surface area contributed by atoms with E-state index in [1.54, 1.807) is 0 Å². The predicted octanol–water partition coefficient (Wildman–Crippen LogP) is -1.32. The van der Waals surface area contributed by atoms with E-state index < -0.39 is 14.8 Å². The first-order valence-electron chi connectivity index (χ1n) is 3.57. The van der Waals surface area contributed by atoms with Crippen LogP contribution in [-0.4, -0.2) is 17.7 Å². The van der Waals surface area contributed by atoms with Crippen LogP contribution < -0.4 is 29.6 Å². The SMILES string of the molecule is CCCCCC(Cl)S(=O)(=O)[O-].[Na+]. The summed E-state index contributed by atoms with van der Waals surface area (Å²) < 4.78 is 29.5. The van der Waals surface area contributed by atoms with Crippen LogP contribution in [0.15, 0.2) is 0 Å². The summed E-state index contributed by atoms with van der Waals surface area (Å²) in [6.45, 7) is 1.99. The van der Waals surface area contributed by atoms with E-state index in [1.165, 1.54) is 0 Å². The van der Waals surface area contributed by atoms with E-state index in [4.69, 9.17) is 11.6 Å². The van der Waals surface area contributed by atoms with Gasteiger partial charge in [-0.1, -0.05) is 26.2 Å². The van der Waals surface area contributed by atoms with Gasteiger partial charge in [-0.15, -0.1) is 11.6 Å². The molecule has 12 heavy (non-hydrogen) atoms. The van der Waals surface area contributed by atoms with E-state index in [-0.39, 0.29) is 36.0 Å². The van der Waals surface area contributed by atoms with Crippen molar-refractivity contribution in [2.24, 2.45) is 0 Å². The van der Waals surface area contributed by atoms with Crippen molar-refractivity contribution in [3.63, 3.8) is 0 Å². The van der Waals surface area contributed by atoms with Crippen LogP contribution in [0.4, 0.5) is 0 Å². The van der Waals surface area contributed by atoms with Crippen LogP contribution in [0.5, 0.6) is 0 Å². The molecule has 0 fully saturated rings. The van der Waals surface area contributed by atoms with Gasteiger partial charge < -0.3 is 4.55 Å².